The molecule has 0 fully saturated rings. The van der Waals surface area contributed by atoms with Gasteiger partial charge in [0.15, 0.2) is 0 Å². The van der Waals surface area contributed by atoms with Crippen molar-refractivity contribution in [3.8, 4) is 16.9 Å². The predicted octanol–water partition coefficient (Wildman–Crippen LogP) is 4.91. The number of carbonyl (C=O) groups excluding carboxylic acids is 1. The molecule has 0 aliphatic heterocycles. The molecule has 0 aliphatic rings. The molecule has 166 valence electrons. The summed E-state index contributed by atoms with van der Waals surface area (Å²) in [4.78, 5) is 23.6. The topological polar surface area (TPSA) is 108 Å². The summed E-state index contributed by atoms with van der Waals surface area (Å²) in [7, 11) is 1.51. The van der Waals surface area contributed by atoms with Gasteiger partial charge in [0.05, 0.1) is 25.1 Å². The van der Waals surface area contributed by atoms with Crippen LogP contribution >= 0.6 is 0 Å². The Morgan fingerprint density at radius 2 is 1.66 bits per heavy atom. The van der Waals surface area contributed by atoms with Crippen LogP contribution in [0.3, 0.4) is 0 Å². The van der Waals surface area contributed by atoms with Gasteiger partial charge in [0, 0.05) is 12.0 Å². The van der Waals surface area contributed by atoms with E-state index in [-0.39, 0.29) is 12.5 Å². The summed E-state index contributed by atoms with van der Waals surface area (Å²) in [6.07, 6.45) is 0.393. The van der Waals surface area contributed by atoms with Crippen LogP contribution in [-0.2, 0) is 17.8 Å². The van der Waals surface area contributed by atoms with E-state index in [0.717, 1.165) is 16.7 Å². The van der Waals surface area contributed by atoms with Crippen LogP contribution in [-0.4, -0.2) is 29.3 Å². The standard InChI is InChI=1S/C25H26N2O5/c1-32-23-15-18(16-28)11-13-21(23)26-24(29)9-5-6-17-10-12-20(19-7-3-2-4-8-19)22(14-17)27-25(30)31/h2-4,7-8,10-15,27-28H,5-6,9,16H2,1H3,(H,26,29)(H,30,31). The SMILES string of the molecule is COc1cc(CO)ccc1NC(=O)CCCc1ccc(-c2ccccc2)c(NC(=O)O)c1. The number of rotatable bonds is 9. The molecule has 0 aromatic heterocycles. The van der Waals surface area contributed by atoms with Gasteiger partial charge < -0.3 is 20.3 Å². The second kappa shape index (κ2) is 11.0. The smallest absolute Gasteiger partial charge is 0.409 e. The van der Waals surface area contributed by atoms with Crippen LogP contribution < -0.4 is 15.4 Å². The lowest BCUT2D eigenvalue weighted by Gasteiger charge is -2.13. The second-order valence-corrected chi connectivity index (χ2v) is 7.27. The third-order valence-corrected chi connectivity index (χ3v) is 5.00. The van der Waals surface area contributed by atoms with Gasteiger partial charge in [0.2, 0.25) is 5.91 Å². The van der Waals surface area contributed by atoms with Crippen molar-refractivity contribution in [1.82, 2.24) is 0 Å². The van der Waals surface area contributed by atoms with Crippen LogP contribution in [0.2, 0.25) is 0 Å². The summed E-state index contributed by atoms with van der Waals surface area (Å²) in [5, 5.41) is 23.7. The maximum absolute atomic E-state index is 12.4. The largest absolute Gasteiger partial charge is 0.495 e. The van der Waals surface area contributed by atoms with Crippen LogP contribution in [0.25, 0.3) is 11.1 Å². The van der Waals surface area contributed by atoms with E-state index in [1.165, 1.54) is 7.11 Å². The van der Waals surface area contributed by atoms with Gasteiger partial charge in [0.1, 0.15) is 5.75 Å². The van der Waals surface area contributed by atoms with E-state index in [0.29, 0.717) is 42.0 Å². The van der Waals surface area contributed by atoms with Gasteiger partial charge in [-0.3, -0.25) is 10.1 Å². The van der Waals surface area contributed by atoms with Gasteiger partial charge in [-0.2, -0.15) is 0 Å². The zero-order valence-electron chi connectivity index (χ0n) is 17.8. The first-order chi connectivity index (χ1) is 15.5. The Balaban J connectivity index is 1.63. The first-order valence-electron chi connectivity index (χ1n) is 10.3. The number of ether oxygens (including phenoxy) is 1. The third kappa shape index (κ3) is 6.09. The molecule has 7 heteroatoms. The zero-order chi connectivity index (χ0) is 22.9. The molecule has 3 aromatic carbocycles. The molecule has 32 heavy (non-hydrogen) atoms. The molecular formula is C25H26N2O5. The van der Waals surface area contributed by atoms with Crippen LogP contribution in [0.15, 0.2) is 66.7 Å². The number of amides is 2. The first-order valence-corrected chi connectivity index (χ1v) is 10.3. The summed E-state index contributed by atoms with van der Waals surface area (Å²) in [5.74, 6) is 0.343. The minimum absolute atomic E-state index is 0.105. The molecule has 7 nitrogen and oxygen atoms in total. The molecule has 3 rings (SSSR count). The highest BCUT2D eigenvalue weighted by molar-refractivity contribution is 5.92. The van der Waals surface area contributed by atoms with Crippen LogP contribution in [0.4, 0.5) is 16.2 Å². The highest BCUT2D eigenvalue weighted by Gasteiger charge is 2.11. The first kappa shape index (κ1) is 22.8. The normalized spacial score (nSPS) is 10.4. The third-order valence-electron chi connectivity index (χ3n) is 5.00. The molecule has 3 aromatic rings. The number of hydrogen-bond acceptors (Lipinski definition) is 4. The molecule has 0 bridgehead atoms. The van der Waals surface area contributed by atoms with Crippen molar-refractivity contribution in [3.05, 3.63) is 77.9 Å². The van der Waals surface area contributed by atoms with Crippen LogP contribution in [0, 0.1) is 0 Å². The lowest BCUT2D eigenvalue weighted by Crippen LogP contribution is -2.12. The zero-order valence-corrected chi connectivity index (χ0v) is 17.8. The molecule has 4 N–H and O–H groups in total. The van der Waals surface area contributed by atoms with Gasteiger partial charge in [-0.15, -0.1) is 0 Å². The van der Waals surface area contributed by atoms with Crippen molar-refractivity contribution in [3.63, 3.8) is 0 Å². The number of nitrogens with one attached hydrogen (secondary N) is 2. The van der Waals surface area contributed by atoms with Gasteiger partial charge >= 0.3 is 6.09 Å². The second-order valence-electron chi connectivity index (χ2n) is 7.27. The highest BCUT2D eigenvalue weighted by atomic mass is 16.5. The molecule has 0 saturated heterocycles. The van der Waals surface area contributed by atoms with E-state index >= 15 is 0 Å². The minimum Gasteiger partial charge on any atom is -0.495 e. The Hall–Kier alpha value is -3.84. The fraction of sp³-hybridized carbons (Fsp3) is 0.200. The van der Waals surface area contributed by atoms with Gasteiger partial charge in [-0.1, -0.05) is 48.5 Å². The fourth-order valence-corrected chi connectivity index (χ4v) is 3.44. The van der Waals surface area contributed by atoms with Crippen LogP contribution in [0.5, 0.6) is 5.75 Å². The van der Waals surface area contributed by atoms with E-state index < -0.39 is 6.09 Å². The van der Waals surface area contributed by atoms with Crippen molar-refractivity contribution in [1.29, 1.82) is 0 Å². The molecule has 0 heterocycles. The lowest BCUT2D eigenvalue weighted by atomic mass is 9.99. The van der Waals surface area contributed by atoms with E-state index in [1.54, 1.807) is 18.2 Å². The summed E-state index contributed by atoms with van der Waals surface area (Å²) in [6.45, 7) is -0.105. The summed E-state index contributed by atoms with van der Waals surface area (Å²) < 4.78 is 5.27. The van der Waals surface area contributed by atoms with Gasteiger partial charge in [-0.25, -0.2) is 4.79 Å². The molecular weight excluding hydrogens is 408 g/mol. The molecule has 0 unspecified atom stereocenters. The lowest BCUT2D eigenvalue weighted by molar-refractivity contribution is -0.116. The average molecular weight is 434 g/mol. The molecule has 0 aliphatic carbocycles. The van der Waals surface area contributed by atoms with E-state index in [1.807, 2.05) is 48.5 Å². The number of benzene rings is 3. The number of aliphatic hydroxyl groups is 1. The monoisotopic (exact) mass is 434 g/mol. The average Bonchev–Trinajstić information content (AvgIpc) is 2.79. The summed E-state index contributed by atoms with van der Waals surface area (Å²) in [5.41, 5.74) is 4.42. The number of anilines is 2. The molecule has 0 spiro atoms. The Morgan fingerprint density at radius 1 is 0.906 bits per heavy atom. The Morgan fingerprint density at radius 3 is 2.34 bits per heavy atom. The van der Waals surface area contributed by atoms with E-state index in [4.69, 9.17) is 4.74 Å². The minimum atomic E-state index is -1.13. The van der Waals surface area contributed by atoms with Gasteiger partial charge in [-0.05, 0) is 47.7 Å². The Bertz CT molecular complexity index is 1080. The van der Waals surface area contributed by atoms with Crippen molar-refractivity contribution < 1.29 is 24.5 Å². The molecule has 0 atom stereocenters. The van der Waals surface area contributed by atoms with E-state index in [2.05, 4.69) is 10.6 Å². The summed E-state index contributed by atoms with van der Waals surface area (Å²) >= 11 is 0. The number of aryl methyl sites for hydroxylation is 1. The van der Waals surface area contributed by atoms with E-state index in [9.17, 15) is 19.8 Å². The Kier molecular flexibility index (Phi) is 7.83. The maximum atomic E-state index is 12.4. The van der Waals surface area contributed by atoms with Crippen molar-refractivity contribution in [2.24, 2.45) is 0 Å². The molecule has 0 radical (unpaired) electrons. The number of carboxylic acid groups (broad SMARTS) is 1. The van der Waals surface area contributed by atoms with Gasteiger partial charge in [0.25, 0.3) is 0 Å². The fourth-order valence-electron chi connectivity index (χ4n) is 3.44. The van der Waals surface area contributed by atoms with Crippen LogP contribution in [0.1, 0.15) is 24.0 Å². The number of aliphatic hydroxyl groups excluding tert-OH is 1. The molecule has 0 saturated carbocycles. The van der Waals surface area contributed by atoms with Crippen molar-refractivity contribution in [2.75, 3.05) is 17.7 Å². The predicted molar refractivity (Wildman–Crippen MR) is 124 cm³/mol. The summed E-state index contributed by atoms with van der Waals surface area (Å²) in [6, 6.07) is 20.3. The van der Waals surface area contributed by atoms with Crippen molar-refractivity contribution >= 4 is 23.4 Å². The quantitative estimate of drug-likeness (QED) is 0.383. The highest BCUT2D eigenvalue weighted by Crippen LogP contribution is 2.30. The number of hydrogen-bond donors (Lipinski definition) is 4. The molecule has 2 amide bonds. The maximum Gasteiger partial charge on any atom is 0.409 e. The number of methoxy groups -OCH3 is 1. The van der Waals surface area contributed by atoms with Crippen molar-refractivity contribution in [2.45, 2.75) is 25.9 Å². The Labute approximate surface area is 186 Å². The number of carbonyl (C=O) groups is 2.